The van der Waals surface area contributed by atoms with Gasteiger partial charge in [-0.25, -0.2) is 0 Å². The van der Waals surface area contributed by atoms with Crippen molar-refractivity contribution in [2.45, 2.75) is 20.0 Å². The van der Waals surface area contributed by atoms with Crippen molar-refractivity contribution in [3.63, 3.8) is 0 Å². The zero-order valence-corrected chi connectivity index (χ0v) is 5.09. The SMILES string of the molecule is CC(=O)/C=C\[C@@H](C)O. The third-order valence-electron chi connectivity index (χ3n) is 0.609. The van der Waals surface area contributed by atoms with Crippen molar-refractivity contribution in [3.8, 4) is 0 Å². The topological polar surface area (TPSA) is 37.3 Å². The van der Waals surface area contributed by atoms with Gasteiger partial charge in [0.1, 0.15) is 0 Å². The Morgan fingerprint density at radius 1 is 1.75 bits per heavy atom. The molecule has 46 valence electrons. The second-order valence-corrected chi connectivity index (χ2v) is 1.71. The number of aliphatic hydroxyl groups is 1. The van der Waals surface area contributed by atoms with Crippen LogP contribution in [0.15, 0.2) is 12.2 Å². The Balaban J connectivity index is 3.50. The normalized spacial score (nSPS) is 14.4. The van der Waals surface area contributed by atoms with Gasteiger partial charge in [0.05, 0.1) is 6.10 Å². The molecule has 0 spiro atoms. The van der Waals surface area contributed by atoms with E-state index in [1.807, 2.05) is 0 Å². The van der Waals surface area contributed by atoms with Gasteiger partial charge in [0.15, 0.2) is 5.78 Å². The van der Waals surface area contributed by atoms with E-state index in [0.717, 1.165) is 0 Å². The van der Waals surface area contributed by atoms with Crippen molar-refractivity contribution < 1.29 is 9.90 Å². The van der Waals surface area contributed by atoms with E-state index in [0.29, 0.717) is 0 Å². The van der Waals surface area contributed by atoms with Crippen molar-refractivity contribution in [2.24, 2.45) is 0 Å². The van der Waals surface area contributed by atoms with Crippen LogP contribution in [0.3, 0.4) is 0 Å². The molecule has 2 heteroatoms. The Bertz CT molecular complexity index is 103. The highest BCUT2D eigenvalue weighted by Crippen LogP contribution is 1.81. The van der Waals surface area contributed by atoms with Gasteiger partial charge in [-0.3, -0.25) is 4.79 Å². The van der Waals surface area contributed by atoms with Gasteiger partial charge in [0.25, 0.3) is 0 Å². The summed E-state index contributed by atoms with van der Waals surface area (Å²) in [6.45, 7) is 3.04. The van der Waals surface area contributed by atoms with Crippen molar-refractivity contribution in [2.75, 3.05) is 0 Å². The lowest BCUT2D eigenvalue weighted by Crippen LogP contribution is -1.93. The van der Waals surface area contributed by atoms with Crippen LogP contribution < -0.4 is 0 Å². The molecule has 0 aromatic heterocycles. The van der Waals surface area contributed by atoms with Crippen LogP contribution in [-0.2, 0) is 4.79 Å². The molecule has 0 aromatic carbocycles. The van der Waals surface area contributed by atoms with Gasteiger partial charge in [-0.05, 0) is 19.9 Å². The zero-order valence-electron chi connectivity index (χ0n) is 5.09. The van der Waals surface area contributed by atoms with Crippen molar-refractivity contribution in [1.29, 1.82) is 0 Å². The third kappa shape index (κ3) is 5.37. The molecule has 0 heterocycles. The molecule has 0 amide bonds. The summed E-state index contributed by atoms with van der Waals surface area (Å²) >= 11 is 0. The minimum Gasteiger partial charge on any atom is -0.389 e. The molecule has 0 unspecified atom stereocenters. The lowest BCUT2D eigenvalue weighted by molar-refractivity contribution is -0.112. The van der Waals surface area contributed by atoms with E-state index < -0.39 is 6.10 Å². The molecule has 0 saturated heterocycles. The van der Waals surface area contributed by atoms with Crippen LogP contribution in [0.1, 0.15) is 13.8 Å². The molecule has 8 heavy (non-hydrogen) atoms. The van der Waals surface area contributed by atoms with Crippen molar-refractivity contribution >= 4 is 5.78 Å². The summed E-state index contributed by atoms with van der Waals surface area (Å²) < 4.78 is 0. The maximum atomic E-state index is 10.2. The number of aliphatic hydroxyl groups excluding tert-OH is 1. The Morgan fingerprint density at radius 2 is 2.25 bits per heavy atom. The average Bonchev–Trinajstić information content (AvgIpc) is 1.61. The van der Waals surface area contributed by atoms with E-state index in [1.54, 1.807) is 6.92 Å². The fourth-order valence-corrected chi connectivity index (χ4v) is 0.275. The first-order chi connectivity index (χ1) is 3.63. The molecular weight excluding hydrogens is 104 g/mol. The maximum absolute atomic E-state index is 10.2. The number of carbonyl (C=O) groups excluding carboxylic acids is 1. The Morgan fingerprint density at radius 3 is 2.38 bits per heavy atom. The van der Waals surface area contributed by atoms with Gasteiger partial charge in [0, 0.05) is 0 Å². The lowest BCUT2D eigenvalue weighted by atomic mass is 10.3. The first-order valence-corrected chi connectivity index (χ1v) is 2.50. The van der Waals surface area contributed by atoms with Gasteiger partial charge in [-0.2, -0.15) is 0 Å². The van der Waals surface area contributed by atoms with E-state index >= 15 is 0 Å². The summed E-state index contributed by atoms with van der Waals surface area (Å²) in [7, 11) is 0. The van der Waals surface area contributed by atoms with Crippen LogP contribution in [0, 0.1) is 0 Å². The number of rotatable bonds is 2. The number of carbonyl (C=O) groups is 1. The highest BCUT2D eigenvalue weighted by atomic mass is 16.3. The molecule has 1 atom stereocenters. The zero-order chi connectivity index (χ0) is 6.57. The van der Waals surface area contributed by atoms with Gasteiger partial charge >= 0.3 is 0 Å². The standard InChI is InChI=1S/C6H10O2/c1-5(7)3-4-6(2)8/h3-5,7H,1-2H3/b4-3-/t5-/m1/s1. The first kappa shape index (κ1) is 7.37. The molecule has 0 rings (SSSR count). The van der Waals surface area contributed by atoms with Crippen LogP contribution in [-0.4, -0.2) is 17.0 Å². The smallest absolute Gasteiger partial charge is 0.152 e. The number of hydrogen-bond acceptors (Lipinski definition) is 2. The van der Waals surface area contributed by atoms with Gasteiger partial charge < -0.3 is 5.11 Å². The second-order valence-electron chi connectivity index (χ2n) is 1.71. The van der Waals surface area contributed by atoms with E-state index in [1.165, 1.54) is 19.1 Å². The summed E-state index contributed by atoms with van der Waals surface area (Å²) in [5.74, 6) is -0.0362. The van der Waals surface area contributed by atoms with Gasteiger partial charge in [0.2, 0.25) is 0 Å². The van der Waals surface area contributed by atoms with Crippen LogP contribution in [0.5, 0.6) is 0 Å². The molecule has 2 nitrogen and oxygen atoms in total. The third-order valence-corrected chi connectivity index (χ3v) is 0.609. The summed E-state index contributed by atoms with van der Waals surface area (Å²) in [5, 5.41) is 8.56. The minimum atomic E-state index is -0.515. The highest BCUT2D eigenvalue weighted by molar-refractivity contribution is 5.87. The first-order valence-electron chi connectivity index (χ1n) is 2.50. The fourth-order valence-electron chi connectivity index (χ4n) is 0.275. The van der Waals surface area contributed by atoms with E-state index in [4.69, 9.17) is 5.11 Å². The Labute approximate surface area is 48.8 Å². The summed E-state index contributed by atoms with van der Waals surface area (Å²) in [6, 6.07) is 0. The maximum Gasteiger partial charge on any atom is 0.152 e. The molecule has 0 aromatic rings. The second kappa shape index (κ2) is 3.38. The molecule has 0 fully saturated rings. The molecular formula is C6H10O2. The van der Waals surface area contributed by atoms with Crippen molar-refractivity contribution in [3.05, 3.63) is 12.2 Å². The molecule has 1 N–H and O–H groups in total. The van der Waals surface area contributed by atoms with Crippen LogP contribution in [0.4, 0.5) is 0 Å². The lowest BCUT2D eigenvalue weighted by Gasteiger charge is -1.88. The quantitative estimate of drug-likeness (QED) is 0.531. The molecule has 0 aliphatic carbocycles. The fraction of sp³-hybridized carbons (Fsp3) is 0.500. The molecule has 0 aliphatic heterocycles. The molecule has 0 aliphatic rings. The Kier molecular flexibility index (Phi) is 3.12. The molecule has 0 bridgehead atoms. The van der Waals surface area contributed by atoms with Crippen molar-refractivity contribution in [1.82, 2.24) is 0 Å². The minimum absolute atomic E-state index is 0.0362. The summed E-state index contributed by atoms with van der Waals surface area (Å²) in [6.07, 6.45) is 2.28. The number of ketones is 1. The predicted octanol–water partition coefficient (Wildman–Crippen LogP) is 0.512. The van der Waals surface area contributed by atoms with Crippen LogP contribution in [0.2, 0.25) is 0 Å². The molecule has 0 saturated carbocycles. The Hall–Kier alpha value is -0.630. The average molecular weight is 114 g/mol. The number of hydrogen-bond donors (Lipinski definition) is 1. The highest BCUT2D eigenvalue weighted by Gasteiger charge is 1.85. The van der Waals surface area contributed by atoms with E-state index in [2.05, 4.69) is 0 Å². The van der Waals surface area contributed by atoms with Crippen LogP contribution in [0.25, 0.3) is 0 Å². The largest absolute Gasteiger partial charge is 0.389 e. The summed E-state index contributed by atoms with van der Waals surface area (Å²) in [5.41, 5.74) is 0. The van der Waals surface area contributed by atoms with Gasteiger partial charge in [-0.1, -0.05) is 6.08 Å². The number of allylic oxidation sites excluding steroid dienone is 1. The van der Waals surface area contributed by atoms with Crippen LogP contribution >= 0.6 is 0 Å². The predicted molar refractivity (Wildman–Crippen MR) is 31.5 cm³/mol. The monoisotopic (exact) mass is 114 g/mol. The van der Waals surface area contributed by atoms with E-state index in [9.17, 15) is 4.79 Å². The van der Waals surface area contributed by atoms with E-state index in [-0.39, 0.29) is 5.78 Å². The summed E-state index contributed by atoms with van der Waals surface area (Å²) in [4.78, 5) is 10.2. The molecule has 0 radical (unpaired) electrons. The van der Waals surface area contributed by atoms with Gasteiger partial charge in [-0.15, -0.1) is 0 Å².